The van der Waals surface area contributed by atoms with Crippen molar-refractivity contribution in [3.63, 3.8) is 0 Å². The molecule has 1 amide bonds. The first kappa shape index (κ1) is 16.5. The van der Waals surface area contributed by atoms with Gasteiger partial charge in [0, 0.05) is 13.6 Å². The number of nitrogens with one attached hydrogen (secondary N) is 1. The predicted molar refractivity (Wildman–Crippen MR) is 81.2 cm³/mol. The van der Waals surface area contributed by atoms with E-state index >= 15 is 0 Å². The normalized spacial score (nSPS) is 11.4. The minimum atomic E-state index is -3.26. The summed E-state index contributed by atoms with van der Waals surface area (Å²) in [4.78, 5) is 11.7. The van der Waals surface area contributed by atoms with Crippen LogP contribution >= 0.6 is 0 Å². The van der Waals surface area contributed by atoms with Crippen molar-refractivity contribution in [1.29, 1.82) is 0 Å². The molecule has 112 valence electrons. The van der Waals surface area contributed by atoms with E-state index in [2.05, 4.69) is 5.32 Å². The van der Waals surface area contributed by atoms with Gasteiger partial charge in [-0.05, 0) is 23.6 Å². The van der Waals surface area contributed by atoms with Gasteiger partial charge in [-0.15, -0.1) is 0 Å². The molecule has 1 N–H and O–H groups in total. The molecule has 0 spiro atoms. The fourth-order valence-corrected chi connectivity index (χ4v) is 2.09. The van der Waals surface area contributed by atoms with E-state index < -0.39 is 10.0 Å². The van der Waals surface area contributed by atoms with E-state index in [0.29, 0.717) is 24.6 Å². The van der Waals surface area contributed by atoms with Crippen LogP contribution in [-0.2, 0) is 21.2 Å². The summed E-state index contributed by atoms with van der Waals surface area (Å²) in [6.07, 6.45) is 1.45. The highest BCUT2D eigenvalue weighted by atomic mass is 32.2. The molecule has 0 aromatic heterocycles. The third-order valence-corrected chi connectivity index (χ3v) is 4.08. The van der Waals surface area contributed by atoms with Crippen LogP contribution < -0.4 is 9.62 Å². The maximum Gasteiger partial charge on any atom is 0.231 e. The molecule has 20 heavy (non-hydrogen) atoms. The number of carbonyl (C=O) groups excluding carboxylic acids is 1. The molecular weight excluding hydrogens is 276 g/mol. The predicted octanol–water partition coefficient (Wildman–Crippen LogP) is 1.40. The van der Waals surface area contributed by atoms with Crippen molar-refractivity contribution in [3.8, 4) is 0 Å². The Morgan fingerprint density at radius 2 is 1.80 bits per heavy atom. The largest absolute Gasteiger partial charge is 0.356 e. The number of anilines is 1. The maximum absolute atomic E-state index is 11.7. The average Bonchev–Trinajstić information content (AvgIpc) is 2.35. The molecule has 0 atom stereocenters. The van der Waals surface area contributed by atoms with Gasteiger partial charge in [-0.1, -0.05) is 26.0 Å². The monoisotopic (exact) mass is 298 g/mol. The molecule has 0 fully saturated rings. The van der Waals surface area contributed by atoms with Crippen LogP contribution in [0.2, 0.25) is 0 Å². The van der Waals surface area contributed by atoms with Crippen LogP contribution in [0.3, 0.4) is 0 Å². The van der Waals surface area contributed by atoms with Crippen molar-refractivity contribution >= 4 is 21.6 Å². The number of hydrogen-bond acceptors (Lipinski definition) is 3. The van der Waals surface area contributed by atoms with Crippen molar-refractivity contribution < 1.29 is 13.2 Å². The van der Waals surface area contributed by atoms with Crippen LogP contribution in [0.4, 0.5) is 5.69 Å². The van der Waals surface area contributed by atoms with Gasteiger partial charge < -0.3 is 5.32 Å². The summed E-state index contributed by atoms with van der Waals surface area (Å²) in [6, 6.07) is 6.94. The van der Waals surface area contributed by atoms with Gasteiger partial charge in [-0.25, -0.2) is 8.42 Å². The van der Waals surface area contributed by atoms with Gasteiger partial charge in [0.2, 0.25) is 15.9 Å². The lowest BCUT2D eigenvalue weighted by molar-refractivity contribution is -0.120. The summed E-state index contributed by atoms with van der Waals surface area (Å²) < 4.78 is 24.0. The van der Waals surface area contributed by atoms with E-state index in [1.807, 2.05) is 13.8 Å². The molecule has 0 heterocycles. The summed E-state index contributed by atoms with van der Waals surface area (Å²) in [5, 5.41) is 2.85. The lowest BCUT2D eigenvalue weighted by Crippen LogP contribution is -2.28. The van der Waals surface area contributed by atoms with Crippen LogP contribution in [0.5, 0.6) is 0 Å². The Morgan fingerprint density at radius 1 is 1.25 bits per heavy atom. The first-order valence-corrected chi connectivity index (χ1v) is 8.34. The van der Waals surface area contributed by atoms with Crippen LogP contribution in [0, 0.1) is 5.92 Å². The van der Waals surface area contributed by atoms with Crippen LogP contribution in [0.15, 0.2) is 24.3 Å². The Hall–Kier alpha value is -1.56. The molecule has 0 aliphatic rings. The molecule has 0 bridgehead atoms. The molecule has 6 heteroatoms. The SMILES string of the molecule is CC(C)CNC(=O)Cc1ccc(N(C)S(C)(=O)=O)cc1. The highest BCUT2D eigenvalue weighted by Gasteiger charge is 2.12. The van der Waals surface area contributed by atoms with Crippen molar-refractivity contribution in [2.24, 2.45) is 5.92 Å². The summed E-state index contributed by atoms with van der Waals surface area (Å²) in [5.74, 6) is 0.396. The second kappa shape index (κ2) is 6.74. The van der Waals surface area contributed by atoms with Gasteiger partial charge in [-0.2, -0.15) is 0 Å². The maximum atomic E-state index is 11.7. The highest BCUT2D eigenvalue weighted by molar-refractivity contribution is 7.92. The standard InChI is InChI=1S/C14H22N2O3S/c1-11(2)10-15-14(17)9-12-5-7-13(8-6-12)16(3)20(4,18)19/h5-8,11H,9-10H2,1-4H3,(H,15,17). The Morgan fingerprint density at radius 3 is 2.25 bits per heavy atom. The highest BCUT2D eigenvalue weighted by Crippen LogP contribution is 2.16. The van der Waals surface area contributed by atoms with Crippen molar-refractivity contribution in [1.82, 2.24) is 5.32 Å². The zero-order chi connectivity index (χ0) is 15.3. The number of amides is 1. The molecule has 1 rings (SSSR count). The van der Waals surface area contributed by atoms with Gasteiger partial charge in [-0.3, -0.25) is 9.10 Å². The topological polar surface area (TPSA) is 66.5 Å². The van der Waals surface area contributed by atoms with E-state index in [4.69, 9.17) is 0 Å². The zero-order valence-corrected chi connectivity index (χ0v) is 13.2. The second-order valence-electron chi connectivity index (χ2n) is 5.27. The number of nitrogens with zero attached hydrogens (tertiary/aromatic N) is 1. The van der Waals surface area contributed by atoms with Gasteiger partial charge in [0.05, 0.1) is 18.4 Å². The molecular formula is C14H22N2O3S. The van der Waals surface area contributed by atoms with Gasteiger partial charge in [0.1, 0.15) is 0 Å². The number of hydrogen-bond donors (Lipinski definition) is 1. The Balaban J connectivity index is 2.66. The van der Waals surface area contributed by atoms with E-state index in [1.54, 1.807) is 24.3 Å². The lowest BCUT2D eigenvalue weighted by Gasteiger charge is -2.16. The van der Waals surface area contributed by atoms with E-state index in [0.717, 1.165) is 11.8 Å². The Kier molecular flexibility index (Phi) is 5.56. The smallest absolute Gasteiger partial charge is 0.231 e. The molecule has 0 saturated heterocycles. The second-order valence-corrected chi connectivity index (χ2v) is 7.29. The summed E-state index contributed by atoms with van der Waals surface area (Å²) in [6.45, 7) is 4.74. The van der Waals surface area contributed by atoms with Crippen molar-refractivity contribution in [2.45, 2.75) is 20.3 Å². The minimum Gasteiger partial charge on any atom is -0.356 e. The molecule has 0 aliphatic carbocycles. The molecule has 0 aliphatic heterocycles. The Bertz CT molecular complexity index is 550. The third kappa shape index (κ3) is 5.21. The lowest BCUT2D eigenvalue weighted by atomic mass is 10.1. The molecule has 0 radical (unpaired) electrons. The van der Waals surface area contributed by atoms with Crippen LogP contribution in [0.1, 0.15) is 19.4 Å². The summed E-state index contributed by atoms with van der Waals surface area (Å²) in [7, 11) is -1.76. The van der Waals surface area contributed by atoms with E-state index in [1.165, 1.54) is 11.4 Å². The van der Waals surface area contributed by atoms with Gasteiger partial charge in [0.15, 0.2) is 0 Å². The molecule has 0 unspecified atom stereocenters. The quantitative estimate of drug-likeness (QED) is 0.863. The van der Waals surface area contributed by atoms with Gasteiger partial charge >= 0.3 is 0 Å². The number of sulfonamides is 1. The van der Waals surface area contributed by atoms with Crippen molar-refractivity contribution in [2.75, 3.05) is 24.2 Å². The van der Waals surface area contributed by atoms with E-state index in [9.17, 15) is 13.2 Å². The van der Waals surface area contributed by atoms with Crippen LogP contribution in [0.25, 0.3) is 0 Å². The minimum absolute atomic E-state index is 0.0251. The number of benzene rings is 1. The number of carbonyl (C=O) groups is 1. The first-order chi connectivity index (χ1) is 9.20. The number of rotatable bonds is 6. The molecule has 0 saturated carbocycles. The van der Waals surface area contributed by atoms with Crippen molar-refractivity contribution in [3.05, 3.63) is 29.8 Å². The van der Waals surface area contributed by atoms with Crippen LogP contribution in [-0.4, -0.2) is 34.2 Å². The Labute approximate surface area is 121 Å². The molecule has 1 aromatic carbocycles. The third-order valence-electron chi connectivity index (χ3n) is 2.87. The van der Waals surface area contributed by atoms with E-state index in [-0.39, 0.29) is 5.91 Å². The molecule has 5 nitrogen and oxygen atoms in total. The average molecular weight is 298 g/mol. The fourth-order valence-electron chi connectivity index (χ4n) is 1.58. The fraction of sp³-hybridized carbons (Fsp3) is 0.500. The first-order valence-electron chi connectivity index (χ1n) is 6.49. The van der Waals surface area contributed by atoms with Gasteiger partial charge in [0.25, 0.3) is 0 Å². The summed E-state index contributed by atoms with van der Waals surface area (Å²) >= 11 is 0. The molecule has 1 aromatic rings. The summed E-state index contributed by atoms with van der Waals surface area (Å²) in [5.41, 5.74) is 1.44. The zero-order valence-electron chi connectivity index (χ0n) is 12.4.